The number of aromatic nitrogens is 5. The molecule has 0 aliphatic rings. The van der Waals surface area contributed by atoms with Gasteiger partial charge in [0.15, 0.2) is 11.6 Å². The van der Waals surface area contributed by atoms with Crippen LogP contribution in [0.3, 0.4) is 0 Å². The fraction of sp³-hybridized carbons (Fsp3) is 0. The fourth-order valence-corrected chi connectivity index (χ4v) is 8.14. The first-order valence-electron chi connectivity index (χ1n) is 15.6. The highest BCUT2D eigenvalue weighted by atomic mass is 32.1. The molecule has 6 heteroatoms. The Hall–Kier alpha value is -6.11. The number of hydrogen-bond acceptors (Lipinski definition) is 4. The molecule has 0 saturated heterocycles. The molecule has 6 aromatic carbocycles. The minimum Gasteiger partial charge on any atom is -0.309 e. The molecule has 0 fully saturated rings. The molecule has 0 spiro atoms. The highest BCUT2D eigenvalue weighted by Crippen LogP contribution is 2.42. The van der Waals surface area contributed by atoms with E-state index in [0.29, 0.717) is 17.6 Å². The lowest BCUT2D eigenvalue weighted by Gasteiger charge is -2.12. The number of thiophene rings is 1. The molecular formula is C41H25N5S. The van der Waals surface area contributed by atoms with Gasteiger partial charge in [-0.25, -0.2) is 4.98 Å². The van der Waals surface area contributed by atoms with Crippen molar-refractivity contribution in [3.05, 3.63) is 152 Å². The van der Waals surface area contributed by atoms with Crippen molar-refractivity contribution < 1.29 is 0 Å². The van der Waals surface area contributed by atoms with E-state index in [0.717, 1.165) is 38.9 Å². The zero-order chi connectivity index (χ0) is 30.9. The maximum Gasteiger partial charge on any atom is 0.238 e. The van der Waals surface area contributed by atoms with Gasteiger partial charge in [0.25, 0.3) is 0 Å². The maximum atomic E-state index is 5.24. The zero-order valence-electron chi connectivity index (χ0n) is 25.1. The molecule has 4 aromatic heterocycles. The molecule has 5 nitrogen and oxygen atoms in total. The van der Waals surface area contributed by atoms with E-state index in [1.807, 2.05) is 29.5 Å². The second-order valence-corrected chi connectivity index (χ2v) is 12.7. The summed E-state index contributed by atoms with van der Waals surface area (Å²) in [6.07, 6.45) is 0. The van der Waals surface area contributed by atoms with Crippen molar-refractivity contribution in [2.45, 2.75) is 0 Å². The Morgan fingerprint density at radius 3 is 1.70 bits per heavy atom. The Labute approximate surface area is 273 Å². The van der Waals surface area contributed by atoms with Gasteiger partial charge in [-0.3, -0.25) is 4.57 Å². The van der Waals surface area contributed by atoms with Gasteiger partial charge in [0.1, 0.15) is 0 Å². The van der Waals surface area contributed by atoms with Crippen LogP contribution in [0.1, 0.15) is 0 Å². The Morgan fingerprint density at radius 2 is 0.979 bits per heavy atom. The van der Waals surface area contributed by atoms with Crippen molar-refractivity contribution in [3.63, 3.8) is 0 Å². The first kappa shape index (κ1) is 26.1. The number of para-hydroxylation sites is 3. The Morgan fingerprint density at radius 1 is 0.426 bits per heavy atom. The molecule has 220 valence electrons. The number of hydrogen-bond donors (Lipinski definition) is 0. The van der Waals surface area contributed by atoms with Gasteiger partial charge in [0.2, 0.25) is 5.95 Å². The number of benzene rings is 6. The lowest BCUT2D eigenvalue weighted by Crippen LogP contribution is -2.06. The van der Waals surface area contributed by atoms with Crippen LogP contribution in [0.25, 0.3) is 87.4 Å². The first-order chi connectivity index (χ1) is 23.3. The molecule has 0 aliphatic carbocycles. The number of rotatable bonds is 4. The zero-order valence-corrected chi connectivity index (χ0v) is 25.9. The van der Waals surface area contributed by atoms with Crippen LogP contribution in [0.15, 0.2) is 152 Å². The first-order valence-corrected chi connectivity index (χ1v) is 16.4. The summed E-state index contributed by atoms with van der Waals surface area (Å²) < 4.78 is 7.03. The van der Waals surface area contributed by atoms with Crippen LogP contribution in [0.2, 0.25) is 0 Å². The summed E-state index contributed by atoms with van der Waals surface area (Å²) in [7, 11) is 0. The fourth-order valence-electron chi connectivity index (χ4n) is 6.92. The molecule has 47 heavy (non-hydrogen) atoms. The predicted octanol–water partition coefficient (Wildman–Crippen LogP) is 10.6. The van der Waals surface area contributed by atoms with Gasteiger partial charge in [-0.05, 0) is 36.4 Å². The van der Waals surface area contributed by atoms with Crippen molar-refractivity contribution in [1.29, 1.82) is 0 Å². The number of nitrogens with zero attached hydrogens (tertiary/aromatic N) is 5. The van der Waals surface area contributed by atoms with Crippen LogP contribution in [0.4, 0.5) is 0 Å². The normalized spacial score (nSPS) is 11.8. The molecular weight excluding hydrogens is 595 g/mol. The van der Waals surface area contributed by atoms with Crippen LogP contribution in [-0.4, -0.2) is 24.1 Å². The van der Waals surface area contributed by atoms with Gasteiger partial charge in [-0.15, -0.1) is 11.3 Å². The average Bonchev–Trinajstić information content (AvgIpc) is 3.79. The summed E-state index contributed by atoms with van der Waals surface area (Å²) in [4.78, 5) is 15.5. The summed E-state index contributed by atoms with van der Waals surface area (Å²) in [5, 5.41) is 4.85. The Kier molecular flexibility index (Phi) is 5.68. The van der Waals surface area contributed by atoms with Gasteiger partial charge >= 0.3 is 0 Å². The van der Waals surface area contributed by atoms with E-state index in [1.165, 1.54) is 30.9 Å². The van der Waals surface area contributed by atoms with Crippen molar-refractivity contribution in [1.82, 2.24) is 24.1 Å². The molecule has 4 heterocycles. The van der Waals surface area contributed by atoms with Crippen LogP contribution in [-0.2, 0) is 0 Å². The highest BCUT2D eigenvalue weighted by Gasteiger charge is 2.21. The molecule has 0 aliphatic heterocycles. The molecule has 0 amide bonds. The van der Waals surface area contributed by atoms with Gasteiger partial charge in [-0.2, -0.15) is 9.97 Å². The van der Waals surface area contributed by atoms with Crippen LogP contribution >= 0.6 is 11.3 Å². The average molecular weight is 620 g/mol. The van der Waals surface area contributed by atoms with Crippen molar-refractivity contribution in [3.8, 4) is 34.4 Å². The SMILES string of the molecule is c1ccc(-c2nc(-c3cccc(-n4c5ccccc5c5ccccc54)c3)nc(-n3c4ccccc4c4sc5ccccc5c43)n2)cc1. The van der Waals surface area contributed by atoms with Crippen LogP contribution in [0, 0.1) is 0 Å². The number of fused-ring (bicyclic) bond motifs is 8. The van der Waals surface area contributed by atoms with Crippen molar-refractivity contribution >= 4 is 64.3 Å². The summed E-state index contributed by atoms with van der Waals surface area (Å²) in [5.41, 5.74) is 7.46. The quantitative estimate of drug-likeness (QED) is 0.197. The van der Waals surface area contributed by atoms with Gasteiger partial charge in [0.05, 0.1) is 26.8 Å². The van der Waals surface area contributed by atoms with E-state index in [9.17, 15) is 0 Å². The van der Waals surface area contributed by atoms with E-state index in [-0.39, 0.29) is 0 Å². The molecule has 0 radical (unpaired) electrons. The van der Waals surface area contributed by atoms with E-state index >= 15 is 0 Å². The van der Waals surface area contributed by atoms with E-state index in [4.69, 9.17) is 15.0 Å². The van der Waals surface area contributed by atoms with E-state index in [2.05, 4.69) is 143 Å². The summed E-state index contributed by atoms with van der Waals surface area (Å²) in [5.74, 6) is 1.87. The largest absolute Gasteiger partial charge is 0.309 e. The van der Waals surface area contributed by atoms with Gasteiger partial charge in [0, 0.05) is 43.1 Å². The van der Waals surface area contributed by atoms with E-state index < -0.39 is 0 Å². The molecule has 0 atom stereocenters. The smallest absolute Gasteiger partial charge is 0.238 e. The molecule has 10 rings (SSSR count). The Bertz CT molecular complexity index is 2750. The third-order valence-electron chi connectivity index (χ3n) is 8.98. The lowest BCUT2D eigenvalue weighted by molar-refractivity contribution is 0.955. The minimum absolute atomic E-state index is 0.603. The van der Waals surface area contributed by atoms with E-state index in [1.54, 1.807) is 0 Å². The third-order valence-corrected chi connectivity index (χ3v) is 10.2. The highest BCUT2D eigenvalue weighted by molar-refractivity contribution is 7.26. The second-order valence-electron chi connectivity index (χ2n) is 11.7. The summed E-state index contributed by atoms with van der Waals surface area (Å²) in [6.45, 7) is 0. The molecule has 0 saturated carbocycles. The standard InChI is InChI=1S/C41H25N5S/c1-2-13-26(14-3-1)39-42-40(27-15-12-16-28(25-27)45-33-21-8-4-17-29(33)30-18-5-9-22-34(30)45)44-41(43-39)46-35-23-10-6-19-31(35)38-37(46)32-20-7-11-24-36(32)47-38/h1-25H. The molecule has 10 aromatic rings. The predicted molar refractivity (Wildman–Crippen MR) is 195 cm³/mol. The summed E-state index contributed by atoms with van der Waals surface area (Å²) >= 11 is 1.82. The van der Waals surface area contributed by atoms with Gasteiger partial charge in [-0.1, -0.05) is 115 Å². The Balaban J connectivity index is 1.25. The summed E-state index contributed by atoms with van der Waals surface area (Å²) in [6, 6.07) is 53.0. The monoisotopic (exact) mass is 619 g/mol. The lowest BCUT2D eigenvalue weighted by atomic mass is 10.1. The van der Waals surface area contributed by atoms with Crippen molar-refractivity contribution in [2.24, 2.45) is 0 Å². The minimum atomic E-state index is 0.603. The van der Waals surface area contributed by atoms with Crippen LogP contribution < -0.4 is 0 Å². The molecule has 0 unspecified atom stereocenters. The molecule has 0 N–H and O–H groups in total. The maximum absolute atomic E-state index is 5.24. The second kappa shape index (κ2) is 10.2. The van der Waals surface area contributed by atoms with Gasteiger partial charge < -0.3 is 4.57 Å². The topological polar surface area (TPSA) is 48.5 Å². The molecule has 0 bridgehead atoms. The van der Waals surface area contributed by atoms with Crippen LogP contribution in [0.5, 0.6) is 0 Å². The van der Waals surface area contributed by atoms with Crippen molar-refractivity contribution in [2.75, 3.05) is 0 Å². The third kappa shape index (κ3) is 3.98.